The van der Waals surface area contributed by atoms with Gasteiger partial charge in [0, 0.05) is 19.2 Å². The number of hydrogen-bond donors (Lipinski definition) is 3. The molecule has 0 saturated heterocycles. The van der Waals surface area contributed by atoms with Crippen LogP contribution in [0.15, 0.2) is 12.4 Å². The van der Waals surface area contributed by atoms with Crippen molar-refractivity contribution in [2.24, 2.45) is 5.41 Å². The molecule has 1 aromatic heterocycles. The zero-order valence-corrected chi connectivity index (χ0v) is 12.6. The summed E-state index contributed by atoms with van der Waals surface area (Å²) in [5.74, 6) is 1.76. The molecule has 108 valence electrons. The Labute approximate surface area is 116 Å². The van der Waals surface area contributed by atoms with Gasteiger partial charge in [0.25, 0.3) is 0 Å². The minimum atomic E-state index is 0.283. The van der Waals surface area contributed by atoms with E-state index in [1.807, 2.05) is 13.1 Å². The monoisotopic (exact) mass is 265 g/mol. The lowest BCUT2D eigenvalue weighted by Crippen LogP contribution is -2.22. The zero-order chi connectivity index (χ0) is 14.1. The van der Waals surface area contributed by atoms with Crippen LogP contribution in [0.5, 0.6) is 0 Å². The Hall–Kier alpha value is -1.36. The SMILES string of the molecule is CCC(C)(C)CNc1cc(NCCCNC)ncn1. The first-order chi connectivity index (χ1) is 9.07. The highest BCUT2D eigenvalue weighted by atomic mass is 15.1. The van der Waals surface area contributed by atoms with Crippen molar-refractivity contribution < 1.29 is 0 Å². The van der Waals surface area contributed by atoms with Crippen molar-refractivity contribution >= 4 is 11.6 Å². The van der Waals surface area contributed by atoms with E-state index in [9.17, 15) is 0 Å². The second-order valence-corrected chi connectivity index (χ2v) is 5.54. The van der Waals surface area contributed by atoms with Gasteiger partial charge in [-0.1, -0.05) is 20.8 Å². The Morgan fingerprint density at radius 3 is 2.42 bits per heavy atom. The second kappa shape index (κ2) is 7.94. The second-order valence-electron chi connectivity index (χ2n) is 5.54. The predicted molar refractivity (Wildman–Crippen MR) is 81.6 cm³/mol. The maximum absolute atomic E-state index is 4.25. The van der Waals surface area contributed by atoms with Crippen molar-refractivity contribution in [1.82, 2.24) is 15.3 Å². The number of hydrogen-bond acceptors (Lipinski definition) is 5. The van der Waals surface area contributed by atoms with Crippen LogP contribution in [0.2, 0.25) is 0 Å². The van der Waals surface area contributed by atoms with Crippen molar-refractivity contribution in [3.05, 3.63) is 12.4 Å². The molecule has 0 bridgehead atoms. The van der Waals surface area contributed by atoms with E-state index in [1.165, 1.54) is 0 Å². The van der Waals surface area contributed by atoms with Crippen LogP contribution in [-0.4, -0.2) is 36.6 Å². The molecule has 5 heteroatoms. The molecule has 19 heavy (non-hydrogen) atoms. The molecular formula is C14H27N5. The summed E-state index contributed by atoms with van der Waals surface area (Å²) < 4.78 is 0. The molecule has 1 aromatic rings. The van der Waals surface area contributed by atoms with Gasteiger partial charge in [-0.3, -0.25) is 0 Å². The number of aromatic nitrogens is 2. The molecule has 0 aliphatic carbocycles. The molecule has 1 heterocycles. The molecular weight excluding hydrogens is 238 g/mol. The number of nitrogens with zero attached hydrogens (tertiary/aromatic N) is 2. The number of nitrogens with one attached hydrogen (secondary N) is 3. The summed E-state index contributed by atoms with van der Waals surface area (Å²) in [5.41, 5.74) is 0.283. The van der Waals surface area contributed by atoms with Crippen LogP contribution in [0.25, 0.3) is 0 Å². The first-order valence-electron chi connectivity index (χ1n) is 7.02. The highest BCUT2D eigenvalue weighted by Crippen LogP contribution is 2.20. The normalized spacial score (nSPS) is 11.4. The van der Waals surface area contributed by atoms with E-state index in [4.69, 9.17) is 0 Å². The summed E-state index contributed by atoms with van der Waals surface area (Å²) in [4.78, 5) is 8.47. The lowest BCUT2D eigenvalue weighted by Gasteiger charge is -2.23. The molecule has 0 radical (unpaired) electrons. The third-order valence-corrected chi connectivity index (χ3v) is 3.28. The summed E-state index contributed by atoms with van der Waals surface area (Å²) in [5, 5.41) is 9.80. The van der Waals surface area contributed by atoms with E-state index < -0.39 is 0 Å². The molecule has 0 unspecified atom stereocenters. The largest absolute Gasteiger partial charge is 0.370 e. The first kappa shape index (κ1) is 15.7. The predicted octanol–water partition coefficient (Wildman–Crippen LogP) is 2.35. The van der Waals surface area contributed by atoms with Crippen LogP contribution < -0.4 is 16.0 Å². The highest BCUT2D eigenvalue weighted by molar-refractivity contribution is 5.46. The Balaban J connectivity index is 2.43. The smallest absolute Gasteiger partial charge is 0.131 e. The lowest BCUT2D eigenvalue weighted by atomic mass is 9.90. The molecule has 0 spiro atoms. The lowest BCUT2D eigenvalue weighted by molar-refractivity contribution is 0.376. The van der Waals surface area contributed by atoms with Gasteiger partial charge in [0.2, 0.25) is 0 Å². The first-order valence-corrected chi connectivity index (χ1v) is 7.02. The highest BCUT2D eigenvalue weighted by Gasteiger charge is 2.14. The summed E-state index contributed by atoms with van der Waals surface area (Å²) >= 11 is 0. The Morgan fingerprint density at radius 2 is 1.79 bits per heavy atom. The van der Waals surface area contributed by atoms with Crippen molar-refractivity contribution in [2.45, 2.75) is 33.6 Å². The molecule has 0 fully saturated rings. The van der Waals surface area contributed by atoms with Gasteiger partial charge >= 0.3 is 0 Å². The van der Waals surface area contributed by atoms with E-state index >= 15 is 0 Å². The van der Waals surface area contributed by atoms with E-state index in [0.717, 1.165) is 44.1 Å². The van der Waals surface area contributed by atoms with Gasteiger partial charge in [-0.25, -0.2) is 9.97 Å². The standard InChI is InChI=1S/C14H27N5/c1-5-14(2,3)10-17-13-9-12(18-11-19-13)16-8-6-7-15-4/h9,11,15H,5-8,10H2,1-4H3,(H2,16,17,18,19). The van der Waals surface area contributed by atoms with Crippen LogP contribution in [0, 0.1) is 5.41 Å². The fourth-order valence-electron chi connectivity index (χ4n) is 1.49. The minimum Gasteiger partial charge on any atom is -0.370 e. The van der Waals surface area contributed by atoms with Gasteiger partial charge in [0.1, 0.15) is 18.0 Å². The van der Waals surface area contributed by atoms with Crippen molar-refractivity contribution in [2.75, 3.05) is 37.3 Å². The summed E-state index contributed by atoms with van der Waals surface area (Å²) in [6.07, 6.45) is 3.81. The van der Waals surface area contributed by atoms with Crippen LogP contribution >= 0.6 is 0 Å². The van der Waals surface area contributed by atoms with E-state index in [2.05, 4.69) is 46.7 Å². The maximum atomic E-state index is 4.25. The third-order valence-electron chi connectivity index (χ3n) is 3.28. The number of rotatable bonds is 9. The van der Waals surface area contributed by atoms with Crippen LogP contribution in [-0.2, 0) is 0 Å². The molecule has 5 nitrogen and oxygen atoms in total. The quantitative estimate of drug-likeness (QED) is 0.598. The molecule has 3 N–H and O–H groups in total. The van der Waals surface area contributed by atoms with E-state index in [0.29, 0.717) is 0 Å². The molecule has 0 aliphatic rings. The summed E-state index contributed by atoms with van der Waals surface area (Å²) in [6, 6.07) is 1.96. The van der Waals surface area contributed by atoms with E-state index in [1.54, 1.807) is 6.33 Å². The average molecular weight is 265 g/mol. The van der Waals surface area contributed by atoms with Crippen molar-refractivity contribution in [3.8, 4) is 0 Å². The topological polar surface area (TPSA) is 61.9 Å². The van der Waals surface area contributed by atoms with Gasteiger partial charge in [0.05, 0.1) is 0 Å². The maximum Gasteiger partial charge on any atom is 0.131 e. The van der Waals surface area contributed by atoms with E-state index in [-0.39, 0.29) is 5.41 Å². The Bertz CT molecular complexity index is 365. The van der Waals surface area contributed by atoms with Gasteiger partial charge in [-0.05, 0) is 31.8 Å². The van der Waals surface area contributed by atoms with Gasteiger partial charge < -0.3 is 16.0 Å². The molecule has 0 atom stereocenters. The number of anilines is 2. The fraction of sp³-hybridized carbons (Fsp3) is 0.714. The van der Waals surface area contributed by atoms with Gasteiger partial charge in [-0.15, -0.1) is 0 Å². The molecule has 1 rings (SSSR count). The Morgan fingerprint density at radius 1 is 1.11 bits per heavy atom. The third kappa shape index (κ3) is 6.38. The van der Waals surface area contributed by atoms with Gasteiger partial charge in [0.15, 0.2) is 0 Å². The minimum absolute atomic E-state index is 0.283. The summed E-state index contributed by atoms with van der Waals surface area (Å²) in [7, 11) is 1.96. The van der Waals surface area contributed by atoms with Gasteiger partial charge in [-0.2, -0.15) is 0 Å². The van der Waals surface area contributed by atoms with Crippen molar-refractivity contribution in [3.63, 3.8) is 0 Å². The van der Waals surface area contributed by atoms with Crippen LogP contribution in [0.1, 0.15) is 33.6 Å². The van der Waals surface area contributed by atoms with Crippen LogP contribution in [0.3, 0.4) is 0 Å². The average Bonchev–Trinajstić information content (AvgIpc) is 2.42. The molecule has 0 amide bonds. The molecule has 0 aromatic carbocycles. The Kier molecular flexibility index (Phi) is 6.56. The molecule has 0 aliphatic heterocycles. The summed E-state index contributed by atoms with van der Waals surface area (Å²) in [6.45, 7) is 9.54. The molecule has 0 saturated carbocycles. The zero-order valence-electron chi connectivity index (χ0n) is 12.6. The fourth-order valence-corrected chi connectivity index (χ4v) is 1.49. The van der Waals surface area contributed by atoms with Crippen molar-refractivity contribution in [1.29, 1.82) is 0 Å². The van der Waals surface area contributed by atoms with Crippen LogP contribution in [0.4, 0.5) is 11.6 Å².